The Morgan fingerprint density at radius 3 is 2.72 bits per heavy atom. The van der Waals surface area contributed by atoms with Gasteiger partial charge in [0.1, 0.15) is 11.6 Å². The van der Waals surface area contributed by atoms with E-state index in [9.17, 15) is 5.11 Å². The zero-order valence-corrected chi connectivity index (χ0v) is 14.5. The Morgan fingerprint density at radius 1 is 1.20 bits per heavy atom. The molecule has 6 heteroatoms. The Labute approximate surface area is 146 Å². The maximum Gasteiger partial charge on any atom is 0.158 e. The van der Waals surface area contributed by atoms with Gasteiger partial charge in [0.25, 0.3) is 0 Å². The molecule has 1 fully saturated rings. The molecule has 0 spiro atoms. The monoisotopic (exact) mass is 338 g/mol. The van der Waals surface area contributed by atoms with Gasteiger partial charge in [-0.1, -0.05) is 0 Å². The van der Waals surface area contributed by atoms with E-state index >= 15 is 0 Å². The number of hydrogen-bond donors (Lipinski definition) is 1. The van der Waals surface area contributed by atoms with Gasteiger partial charge in [-0.15, -0.1) is 0 Å². The number of ether oxygens (including phenoxy) is 1. The number of nitrogens with zero attached hydrogens (tertiary/aromatic N) is 4. The van der Waals surface area contributed by atoms with Crippen molar-refractivity contribution in [3.63, 3.8) is 0 Å². The summed E-state index contributed by atoms with van der Waals surface area (Å²) in [6.45, 7) is 3.55. The number of piperidine rings is 1. The molecular formula is C19H22N4O2. The highest BCUT2D eigenvalue weighted by molar-refractivity contribution is 5.66. The molecule has 2 aromatic heterocycles. The SMILES string of the molecule is COc1ccc(-c2cc3nc(C)cc(N4CCC[C@@H](O)C4)n3n2)cc1. The van der Waals surface area contributed by atoms with Crippen molar-refractivity contribution in [2.45, 2.75) is 25.9 Å². The Morgan fingerprint density at radius 2 is 2.00 bits per heavy atom. The summed E-state index contributed by atoms with van der Waals surface area (Å²) in [5.74, 6) is 1.81. The highest BCUT2D eigenvalue weighted by Crippen LogP contribution is 2.26. The number of aryl methyl sites for hydroxylation is 1. The van der Waals surface area contributed by atoms with Crippen molar-refractivity contribution < 1.29 is 9.84 Å². The summed E-state index contributed by atoms with van der Waals surface area (Å²) < 4.78 is 7.10. The molecule has 6 nitrogen and oxygen atoms in total. The quantitative estimate of drug-likeness (QED) is 0.795. The number of anilines is 1. The Hall–Kier alpha value is -2.60. The van der Waals surface area contributed by atoms with Gasteiger partial charge in [0.05, 0.1) is 18.9 Å². The van der Waals surface area contributed by atoms with Gasteiger partial charge in [0, 0.05) is 36.5 Å². The number of aliphatic hydroxyl groups is 1. The fraction of sp³-hybridized carbons (Fsp3) is 0.368. The fourth-order valence-electron chi connectivity index (χ4n) is 3.37. The van der Waals surface area contributed by atoms with Gasteiger partial charge in [-0.2, -0.15) is 9.61 Å². The van der Waals surface area contributed by atoms with E-state index in [-0.39, 0.29) is 6.10 Å². The molecule has 3 heterocycles. The van der Waals surface area contributed by atoms with Crippen molar-refractivity contribution in [2.24, 2.45) is 0 Å². The van der Waals surface area contributed by atoms with Crippen LogP contribution in [0.2, 0.25) is 0 Å². The maximum absolute atomic E-state index is 10.0. The van der Waals surface area contributed by atoms with Crippen LogP contribution in [0, 0.1) is 6.92 Å². The normalized spacial score (nSPS) is 17.9. The first-order chi connectivity index (χ1) is 12.1. The van der Waals surface area contributed by atoms with Crippen molar-refractivity contribution in [3.05, 3.63) is 42.1 Å². The van der Waals surface area contributed by atoms with Crippen molar-refractivity contribution in [1.29, 1.82) is 0 Å². The number of β-amino-alcohol motifs (C(OH)–C–C–N with tert-alkyl or cyclic N) is 1. The smallest absolute Gasteiger partial charge is 0.158 e. The van der Waals surface area contributed by atoms with Gasteiger partial charge in [0.15, 0.2) is 5.65 Å². The van der Waals surface area contributed by atoms with Gasteiger partial charge < -0.3 is 14.7 Å². The van der Waals surface area contributed by atoms with Crippen LogP contribution in [0.25, 0.3) is 16.9 Å². The molecule has 130 valence electrons. The number of methoxy groups -OCH3 is 1. The lowest BCUT2D eigenvalue weighted by atomic mass is 10.1. The molecular weight excluding hydrogens is 316 g/mol. The van der Waals surface area contributed by atoms with Crippen LogP contribution in [0.3, 0.4) is 0 Å². The molecule has 1 aromatic carbocycles. The first-order valence-corrected chi connectivity index (χ1v) is 8.59. The number of rotatable bonds is 3. The predicted molar refractivity (Wildman–Crippen MR) is 97.2 cm³/mol. The number of aromatic nitrogens is 3. The third-order valence-corrected chi connectivity index (χ3v) is 4.64. The van der Waals surface area contributed by atoms with E-state index in [0.29, 0.717) is 6.54 Å². The van der Waals surface area contributed by atoms with Crippen LogP contribution in [0.5, 0.6) is 5.75 Å². The van der Waals surface area contributed by atoms with E-state index < -0.39 is 0 Å². The lowest BCUT2D eigenvalue weighted by molar-refractivity contribution is 0.153. The minimum absolute atomic E-state index is 0.283. The first-order valence-electron chi connectivity index (χ1n) is 8.59. The highest BCUT2D eigenvalue weighted by Gasteiger charge is 2.21. The molecule has 3 aromatic rings. The second-order valence-electron chi connectivity index (χ2n) is 6.53. The van der Waals surface area contributed by atoms with Gasteiger partial charge in [-0.05, 0) is 44.0 Å². The molecule has 0 saturated carbocycles. The number of benzene rings is 1. The van der Waals surface area contributed by atoms with E-state index in [0.717, 1.165) is 53.6 Å². The molecule has 0 unspecified atom stereocenters. The molecule has 4 rings (SSSR count). The van der Waals surface area contributed by atoms with E-state index in [2.05, 4.69) is 9.88 Å². The summed E-state index contributed by atoms with van der Waals surface area (Å²) in [5.41, 5.74) is 3.66. The van der Waals surface area contributed by atoms with Crippen molar-refractivity contribution in [3.8, 4) is 17.0 Å². The van der Waals surface area contributed by atoms with Crippen LogP contribution in [0.4, 0.5) is 5.82 Å². The van der Waals surface area contributed by atoms with Crippen LogP contribution in [-0.2, 0) is 0 Å². The minimum Gasteiger partial charge on any atom is -0.497 e. The number of fused-ring (bicyclic) bond motifs is 1. The fourth-order valence-corrected chi connectivity index (χ4v) is 3.37. The van der Waals surface area contributed by atoms with E-state index in [4.69, 9.17) is 9.84 Å². The first kappa shape index (κ1) is 15.9. The summed E-state index contributed by atoms with van der Waals surface area (Å²) in [7, 11) is 1.66. The zero-order valence-electron chi connectivity index (χ0n) is 14.5. The summed E-state index contributed by atoms with van der Waals surface area (Å²) in [6, 6.07) is 11.9. The van der Waals surface area contributed by atoms with Crippen LogP contribution in [0.15, 0.2) is 36.4 Å². The van der Waals surface area contributed by atoms with Crippen LogP contribution in [0.1, 0.15) is 18.5 Å². The van der Waals surface area contributed by atoms with E-state index in [1.165, 1.54) is 0 Å². The summed E-state index contributed by atoms with van der Waals surface area (Å²) >= 11 is 0. The molecule has 25 heavy (non-hydrogen) atoms. The standard InChI is InChI=1S/C19H22N4O2/c1-13-10-19(22-9-3-4-15(24)12-22)23-18(20-13)11-17(21-23)14-5-7-16(25-2)8-6-14/h5-8,10-11,15,24H,3-4,9,12H2,1-2H3/t15-/m1/s1. The second kappa shape index (κ2) is 6.37. The Bertz CT molecular complexity index is 888. The van der Waals surface area contributed by atoms with E-state index in [1.807, 2.05) is 47.8 Å². The van der Waals surface area contributed by atoms with Crippen molar-refractivity contribution >= 4 is 11.5 Å². The molecule has 0 radical (unpaired) electrons. The molecule has 1 aliphatic heterocycles. The van der Waals surface area contributed by atoms with Crippen molar-refractivity contribution in [1.82, 2.24) is 14.6 Å². The molecule has 1 atom stereocenters. The number of aliphatic hydroxyl groups excluding tert-OH is 1. The Kier molecular flexibility index (Phi) is 4.05. The average Bonchev–Trinajstić information content (AvgIpc) is 3.05. The third-order valence-electron chi connectivity index (χ3n) is 4.64. The van der Waals surface area contributed by atoms with Gasteiger partial charge in [0.2, 0.25) is 0 Å². The highest BCUT2D eigenvalue weighted by atomic mass is 16.5. The van der Waals surface area contributed by atoms with E-state index in [1.54, 1.807) is 7.11 Å². The average molecular weight is 338 g/mol. The van der Waals surface area contributed by atoms with Gasteiger partial charge in [-0.25, -0.2) is 4.98 Å². The molecule has 1 saturated heterocycles. The van der Waals surface area contributed by atoms with Crippen LogP contribution in [-0.4, -0.2) is 46.0 Å². The van der Waals surface area contributed by atoms with Gasteiger partial charge >= 0.3 is 0 Å². The predicted octanol–water partition coefficient (Wildman–Crippen LogP) is 2.67. The molecule has 0 aliphatic carbocycles. The maximum atomic E-state index is 10.0. The largest absolute Gasteiger partial charge is 0.497 e. The van der Waals surface area contributed by atoms with Crippen LogP contribution < -0.4 is 9.64 Å². The van der Waals surface area contributed by atoms with Crippen LogP contribution >= 0.6 is 0 Å². The number of hydrogen-bond acceptors (Lipinski definition) is 5. The second-order valence-corrected chi connectivity index (χ2v) is 6.53. The lowest BCUT2D eigenvalue weighted by Gasteiger charge is -2.32. The molecule has 1 N–H and O–H groups in total. The molecule has 0 bridgehead atoms. The summed E-state index contributed by atoms with van der Waals surface area (Å²) in [4.78, 5) is 6.81. The van der Waals surface area contributed by atoms with Gasteiger partial charge in [-0.3, -0.25) is 0 Å². The molecule has 0 amide bonds. The zero-order chi connectivity index (χ0) is 17.4. The van der Waals surface area contributed by atoms with Crippen molar-refractivity contribution in [2.75, 3.05) is 25.1 Å². The Balaban J connectivity index is 1.77. The minimum atomic E-state index is -0.283. The topological polar surface area (TPSA) is 62.9 Å². The molecule has 1 aliphatic rings. The lowest BCUT2D eigenvalue weighted by Crippen LogP contribution is -2.39. The summed E-state index contributed by atoms with van der Waals surface area (Å²) in [5, 5.41) is 14.8. The third kappa shape index (κ3) is 3.05. The summed E-state index contributed by atoms with van der Waals surface area (Å²) in [6.07, 6.45) is 1.56.